The fourth-order valence-electron chi connectivity index (χ4n) is 6.19. The van der Waals surface area contributed by atoms with Gasteiger partial charge in [-0.25, -0.2) is 14.2 Å². The second-order valence-corrected chi connectivity index (χ2v) is 12.4. The maximum absolute atomic E-state index is 15.8. The number of aromatic nitrogens is 4. The van der Waals surface area contributed by atoms with Crippen molar-refractivity contribution in [1.29, 1.82) is 0 Å². The number of carbonyl (C=O) groups is 2. The zero-order chi connectivity index (χ0) is 33.9. The van der Waals surface area contributed by atoms with Gasteiger partial charge < -0.3 is 24.2 Å². The number of amides is 1. The molecule has 0 bridgehead atoms. The summed E-state index contributed by atoms with van der Waals surface area (Å²) in [5.74, 6) is -4.91. The summed E-state index contributed by atoms with van der Waals surface area (Å²) >= 11 is 0. The number of benzene rings is 1. The van der Waals surface area contributed by atoms with Crippen LogP contribution in [0.2, 0.25) is 0 Å². The van der Waals surface area contributed by atoms with E-state index in [9.17, 15) is 27.9 Å². The summed E-state index contributed by atoms with van der Waals surface area (Å²) in [6.07, 6.45) is 3.15. The number of methoxy groups -OCH3 is 2. The fraction of sp³-hybridized carbons (Fsp3) is 0.531. The molecule has 1 aromatic carbocycles. The van der Waals surface area contributed by atoms with Gasteiger partial charge >= 0.3 is 12.1 Å². The number of halogens is 4. The number of pyridine rings is 1. The van der Waals surface area contributed by atoms with Crippen LogP contribution in [0.5, 0.6) is 11.6 Å². The Morgan fingerprint density at radius 3 is 2.26 bits per heavy atom. The first kappa shape index (κ1) is 34.2. The first-order valence-corrected chi connectivity index (χ1v) is 15.3. The third kappa shape index (κ3) is 7.56. The first-order valence-electron chi connectivity index (χ1n) is 15.3. The SMILES string of the molecule is COCC(COC)N(C(=O)C1CCC(C)CC1)c1cc(F)c(Oc2ncc(C3(Cn4nccn4)CC3)cc2C(F)(F)F)cc1C(=O)O. The molecule has 0 spiro atoms. The van der Waals surface area contributed by atoms with E-state index in [0.29, 0.717) is 37.2 Å². The molecule has 0 unspecified atom stereocenters. The molecular weight excluding hydrogens is 626 g/mol. The van der Waals surface area contributed by atoms with Gasteiger partial charge in [0.2, 0.25) is 11.8 Å². The standard InChI is InChI=1S/C32H37F4N5O6/c1-19-4-6-20(7-5-19)29(42)41(22(16-45-2)17-46-3)26-14-25(33)27(13-23(26)30(43)44)47-28-24(32(34,35)36)12-21(15-37-28)31(8-9-31)18-40-38-10-11-39-40/h10-15,19-20,22H,4-9,16-18H2,1-3H3,(H,43,44). The quantitative estimate of drug-likeness (QED) is 0.223. The highest BCUT2D eigenvalue weighted by Gasteiger charge is 2.47. The average Bonchev–Trinajstić information content (AvgIpc) is 3.62. The summed E-state index contributed by atoms with van der Waals surface area (Å²) in [7, 11) is 2.80. The van der Waals surface area contributed by atoms with Gasteiger partial charge in [0.25, 0.3) is 0 Å². The summed E-state index contributed by atoms with van der Waals surface area (Å²) in [5, 5.41) is 18.3. The summed E-state index contributed by atoms with van der Waals surface area (Å²) in [6, 6.07) is 1.65. The number of hydrogen-bond acceptors (Lipinski definition) is 8. The molecule has 15 heteroatoms. The van der Waals surface area contributed by atoms with Gasteiger partial charge in [-0.2, -0.15) is 28.2 Å². The van der Waals surface area contributed by atoms with Crippen molar-refractivity contribution >= 4 is 17.6 Å². The largest absolute Gasteiger partial charge is 0.478 e. The lowest BCUT2D eigenvalue weighted by Gasteiger charge is -2.36. The summed E-state index contributed by atoms with van der Waals surface area (Å²) in [5.41, 5.74) is -2.44. The van der Waals surface area contributed by atoms with E-state index >= 15 is 4.39 Å². The molecule has 47 heavy (non-hydrogen) atoms. The molecule has 0 aliphatic heterocycles. The van der Waals surface area contributed by atoms with Crippen molar-refractivity contribution in [3.05, 3.63) is 59.3 Å². The van der Waals surface area contributed by atoms with E-state index in [1.807, 2.05) is 0 Å². The molecule has 3 aromatic rings. The van der Waals surface area contributed by atoms with E-state index in [4.69, 9.17) is 14.2 Å². The predicted octanol–water partition coefficient (Wildman–Crippen LogP) is 5.87. The Balaban J connectivity index is 1.52. The molecule has 254 valence electrons. The van der Waals surface area contributed by atoms with Crippen LogP contribution in [0.15, 0.2) is 36.8 Å². The van der Waals surface area contributed by atoms with Crippen molar-refractivity contribution < 1.29 is 46.5 Å². The Kier molecular flexibility index (Phi) is 10.2. The van der Waals surface area contributed by atoms with Crippen LogP contribution >= 0.6 is 0 Å². The third-order valence-electron chi connectivity index (χ3n) is 8.97. The summed E-state index contributed by atoms with van der Waals surface area (Å²) in [6.45, 7) is 2.23. The van der Waals surface area contributed by atoms with Gasteiger partial charge in [0.15, 0.2) is 11.6 Å². The molecule has 5 rings (SSSR count). The molecule has 0 radical (unpaired) electrons. The normalized spacial score (nSPS) is 19.1. The van der Waals surface area contributed by atoms with E-state index in [0.717, 1.165) is 31.0 Å². The third-order valence-corrected chi connectivity index (χ3v) is 8.97. The number of rotatable bonds is 13. The van der Waals surface area contributed by atoms with E-state index in [2.05, 4.69) is 22.1 Å². The topological polar surface area (TPSA) is 129 Å². The number of aromatic carboxylic acids is 1. The van der Waals surface area contributed by atoms with Gasteiger partial charge in [0.05, 0.1) is 49.4 Å². The number of hydrogen-bond donors (Lipinski definition) is 1. The summed E-state index contributed by atoms with van der Waals surface area (Å²) < 4.78 is 74.7. The van der Waals surface area contributed by atoms with Crippen molar-refractivity contribution in [1.82, 2.24) is 20.0 Å². The van der Waals surface area contributed by atoms with Gasteiger partial charge in [-0.05, 0) is 56.1 Å². The number of nitrogens with zero attached hydrogens (tertiary/aromatic N) is 5. The number of ether oxygens (including phenoxy) is 3. The molecule has 11 nitrogen and oxygen atoms in total. The minimum Gasteiger partial charge on any atom is -0.478 e. The van der Waals surface area contributed by atoms with E-state index in [-0.39, 0.29) is 25.4 Å². The van der Waals surface area contributed by atoms with Crippen molar-refractivity contribution in [2.45, 2.75) is 69.6 Å². The monoisotopic (exact) mass is 663 g/mol. The number of carboxylic acids is 1. The lowest BCUT2D eigenvalue weighted by Crippen LogP contribution is -2.49. The molecule has 2 saturated carbocycles. The second-order valence-electron chi connectivity index (χ2n) is 12.4. The molecular formula is C32H37F4N5O6. The number of alkyl halides is 3. The van der Waals surface area contributed by atoms with E-state index in [1.165, 1.54) is 42.5 Å². The average molecular weight is 664 g/mol. The van der Waals surface area contributed by atoms with Gasteiger partial charge in [0, 0.05) is 43.9 Å². The maximum Gasteiger partial charge on any atom is 0.421 e. The van der Waals surface area contributed by atoms with Crippen LogP contribution < -0.4 is 9.64 Å². The molecule has 1 amide bonds. The lowest BCUT2D eigenvalue weighted by molar-refractivity contribution is -0.139. The lowest BCUT2D eigenvalue weighted by atomic mass is 9.82. The highest BCUT2D eigenvalue weighted by Crippen LogP contribution is 2.51. The Morgan fingerprint density at radius 1 is 1.06 bits per heavy atom. The van der Waals surface area contributed by atoms with E-state index in [1.54, 1.807) is 0 Å². The Bertz CT molecular complexity index is 1570. The fourth-order valence-corrected chi connectivity index (χ4v) is 6.19. The van der Waals surface area contributed by atoms with Crippen LogP contribution in [0.25, 0.3) is 0 Å². The smallest absolute Gasteiger partial charge is 0.421 e. The Morgan fingerprint density at radius 2 is 1.70 bits per heavy atom. The van der Waals surface area contributed by atoms with Gasteiger partial charge in [-0.1, -0.05) is 6.92 Å². The van der Waals surface area contributed by atoms with Gasteiger partial charge in [0.1, 0.15) is 5.56 Å². The number of carboxylic acid groups (broad SMARTS) is 1. The second kappa shape index (κ2) is 13.9. The molecule has 0 atom stereocenters. The molecule has 1 N–H and O–H groups in total. The molecule has 2 heterocycles. The van der Waals surface area contributed by atoms with Crippen molar-refractivity contribution in [3.63, 3.8) is 0 Å². The van der Waals surface area contributed by atoms with Crippen molar-refractivity contribution in [2.75, 3.05) is 32.3 Å². The minimum absolute atomic E-state index is 0.0508. The van der Waals surface area contributed by atoms with Gasteiger partial charge in [-0.15, -0.1) is 0 Å². The van der Waals surface area contributed by atoms with E-state index < -0.39 is 64.0 Å². The first-order chi connectivity index (χ1) is 22.4. The highest BCUT2D eigenvalue weighted by atomic mass is 19.4. The summed E-state index contributed by atoms with van der Waals surface area (Å²) in [4.78, 5) is 33.0. The zero-order valence-corrected chi connectivity index (χ0v) is 26.3. The number of carbonyl (C=O) groups excluding carboxylic acids is 1. The van der Waals surface area contributed by atoms with Crippen LogP contribution in [0.1, 0.15) is 66.9 Å². The highest BCUT2D eigenvalue weighted by molar-refractivity contribution is 6.03. The number of anilines is 1. The molecule has 2 fully saturated rings. The van der Waals surface area contributed by atoms with Crippen LogP contribution in [-0.2, 0) is 32.4 Å². The molecule has 2 aliphatic carbocycles. The van der Waals surface area contributed by atoms with Crippen LogP contribution in [0, 0.1) is 17.7 Å². The van der Waals surface area contributed by atoms with Crippen molar-refractivity contribution in [2.24, 2.45) is 11.8 Å². The van der Waals surface area contributed by atoms with Gasteiger partial charge in [-0.3, -0.25) is 4.79 Å². The maximum atomic E-state index is 15.8. The Hall–Kier alpha value is -4.11. The van der Waals surface area contributed by atoms with Crippen LogP contribution in [0.4, 0.5) is 23.2 Å². The zero-order valence-electron chi connectivity index (χ0n) is 26.3. The minimum atomic E-state index is -4.93. The Labute approximate surface area is 268 Å². The molecule has 2 aliphatic rings. The molecule has 2 aromatic heterocycles. The van der Waals surface area contributed by atoms with Crippen LogP contribution in [-0.4, -0.2) is 70.4 Å². The molecule has 0 saturated heterocycles. The predicted molar refractivity (Wildman–Crippen MR) is 160 cm³/mol. The van der Waals surface area contributed by atoms with Crippen LogP contribution in [0.3, 0.4) is 0 Å². The van der Waals surface area contributed by atoms with Crippen molar-refractivity contribution in [3.8, 4) is 11.6 Å².